The third-order valence-corrected chi connectivity index (χ3v) is 4.03. The number of unbranched alkanes of at least 4 members (excludes halogenated alkanes) is 5. The number of ether oxygens (including phenoxy) is 5. The Labute approximate surface area is 148 Å². The van der Waals surface area contributed by atoms with Crippen LogP contribution in [0.3, 0.4) is 0 Å². The molecule has 0 heterocycles. The van der Waals surface area contributed by atoms with E-state index >= 15 is 0 Å². The summed E-state index contributed by atoms with van der Waals surface area (Å²) < 4.78 is 27.8. The Bertz CT molecular complexity index is 281. The average Bonchev–Trinajstić information content (AvgIpc) is 2.62. The number of allylic oxidation sites excluding steroid dienone is 1. The summed E-state index contributed by atoms with van der Waals surface area (Å²) in [5.74, 6) is -1.15. The minimum Gasteiger partial charge on any atom is -0.501 e. The van der Waals surface area contributed by atoms with Gasteiger partial charge in [-0.1, -0.05) is 51.5 Å². The first-order chi connectivity index (χ1) is 11.7. The first-order valence-electron chi connectivity index (χ1n) is 9.20. The molecule has 0 spiro atoms. The van der Waals surface area contributed by atoms with Crippen molar-refractivity contribution in [2.75, 3.05) is 34.5 Å². The van der Waals surface area contributed by atoms with Crippen LogP contribution < -0.4 is 0 Å². The summed E-state index contributed by atoms with van der Waals surface area (Å²) >= 11 is 0. The molecule has 0 aliphatic rings. The summed E-state index contributed by atoms with van der Waals surface area (Å²) in [7, 11) is 4.75. The Balaban J connectivity index is 4.33. The average molecular weight is 347 g/mol. The zero-order valence-corrected chi connectivity index (χ0v) is 16.3. The normalized spacial score (nSPS) is 13.5. The molecule has 0 aliphatic carbocycles. The molecule has 0 fully saturated rings. The molecule has 0 bridgehead atoms. The lowest BCUT2D eigenvalue weighted by Gasteiger charge is -2.36. The van der Waals surface area contributed by atoms with Gasteiger partial charge in [0.1, 0.15) is 6.10 Å². The summed E-state index contributed by atoms with van der Waals surface area (Å²) in [6.45, 7) is 5.37. The van der Waals surface area contributed by atoms with Crippen molar-refractivity contribution < 1.29 is 23.7 Å². The van der Waals surface area contributed by atoms with Crippen LogP contribution in [0.1, 0.15) is 65.2 Å². The largest absolute Gasteiger partial charge is 0.501 e. The van der Waals surface area contributed by atoms with Crippen LogP contribution in [0.5, 0.6) is 0 Å². The standard InChI is InChI=1S/C19H38O5/c1-6-8-9-10-11-12-14-18(19(20-3,21-4)22-5)24-17-13-16-23-15-7-2/h7,15,18H,6,8-14,16-17H2,1-5H3. The van der Waals surface area contributed by atoms with Gasteiger partial charge in [0.05, 0.1) is 19.5 Å². The van der Waals surface area contributed by atoms with Gasteiger partial charge in [0, 0.05) is 27.8 Å². The minimum atomic E-state index is -1.15. The van der Waals surface area contributed by atoms with Gasteiger partial charge in [0.15, 0.2) is 0 Å². The van der Waals surface area contributed by atoms with Crippen LogP contribution in [0.4, 0.5) is 0 Å². The lowest BCUT2D eigenvalue weighted by molar-refractivity contribution is -0.394. The fourth-order valence-electron chi connectivity index (χ4n) is 2.65. The molecule has 0 aromatic rings. The SMILES string of the molecule is CC=COCCCOC(CCCCCCCC)C(OC)(OC)OC. The van der Waals surface area contributed by atoms with Crippen molar-refractivity contribution in [3.63, 3.8) is 0 Å². The molecular weight excluding hydrogens is 308 g/mol. The molecule has 0 N–H and O–H groups in total. The summed E-state index contributed by atoms with van der Waals surface area (Å²) in [6.07, 6.45) is 12.4. The predicted octanol–water partition coefficient (Wildman–Crippen LogP) is 4.66. The second kappa shape index (κ2) is 15.9. The Hall–Kier alpha value is -0.620. The Morgan fingerprint density at radius 3 is 2.04 bits per heavy atom. The predicted molar refractivity (Wildman–Crippen MR) is 96.9 cm³/mol. The third kappa shape index (κ3) is 9.62. The van der Waals surface area contributed by atoms with Crippen molar-refractivity contribution in [2.24, 2.45) is 0 Å². The van der Waals surface area contributed by atoms with Gasteiger partial charge in [-0.25, -0.2) is 0 Å². The number of methoxy groups -OCH3 is 3. The van der Waals surface area contributed by atoms with Crippen LogP contribution in [0.25, 0.3) is 0 Å². The maximum Gasteiger partial charge on any atom is 0.310 e. The molecular formula is C19H38O5. The fraction of sp³-hybridized carbons (Fsp3) is 0.895. The van der Waals surface area contributed by atoms with Crippen LogP contribution in [0.2, 0.25) is 0 Å². The molecule has 0 saturated heterocycles. The second-order valence-corrected chi connectivity index (χ2v) is 5.83. The molecule has 0 rings (SSSR count). The zero-order valence-electron chi connectivity index (χ0n) is 16.3. The van der Waals surface area contributed by atoms with Gasteiger partial charge in [-0.2, -0.15) is 0 Å². The summed E-state index contributed by atoms with van der Waals surface area (Å²) in [5, 5.41) is 0. The Morgan fingerprint density at radius 1 is 0.833 bits per heavy atom. The first kappa shape index (κ1) is 23.4. The van der Waals surface area contributed by atoms with Crippen molar-refractivity contribution in [1.82, 2.24) is 0 Å². The van der Waals surface area contributed by atoms with Crippen LogP contribution in [0.15, 0.2) is 12.3 Å². The van der Waals surface area contributed by atoms with Crippen molar-refractivity contribution in [3.05, 3.63) is 12.3 Å². The van der Waals surface area contributed by atoms with E-state index in [9.17, 15) is 0 Å². The molecule has 1 atom stereocenters. The molecule has 24 heavy (non-hydrogen) atoms. The monoisotopic (exact) mass is 346 g/mol. The third-order valence-electron chi connectivity index (χ3n) is 4.03. The van der Waals surface area contributed by atoms with E-state index in [4.69, 9.17) is 23.7 Å². The van der Waals surface area contributed by atoms with Gasteiger partial charge in [0.2, 0.25) is 0 Å². The van der Waals surface area contributed by atoms with E-state index in [0.29, 0.717) is 13.2 Å². The molecule has 5 nitrogen and oxygen atoms in total. The summed E-state index contributed by atoms with van der Waals surface area (Å²) in [4.78, 5) is 0. The lowest BCUT2D eigenvalue weighted by atomic mass is 10.1. The first-order valence-corrected chi connectivity index (χ1v) is 9.20. The van der Waals surface area contributed by atoms with Gasteiger partial charge < -0.3 is 23.7 Å². The van der Waals surface area contributed by atoms with E-state index in [1.807, 2.05) is 13.0 Å². The van der Waals surface area contributed by atoms with Crippen LogP contribution >= 0.6 is 0 Å². The number of hydrogen-bond acceptors (Lipinski definition) is 5. The fourth-order valence-corrected chi connectivity index (χ4v) is 2.65. The van der Waals surface area contributed by atoms with Crippen molar-refractivity contribution in [1.29, 1.82) is 0 Å². The van der Waals surface area contributed by atoms with E-state index in [1.54, 1.807) is 27.6 Å². The maximum absolute atomic E-state index is 6.01. The van der Waals surface area contributed by atoms with Crippen LogP contribution in [-0.4, -0.2) is 46.6 Å². The smallest absolute Gasteiger partial charge is 0.310 e. The minimum absolute atomic E-state index is 0.259. The van der Waals surface area contributed by atoms with Crippen LogP contribution in [-0.2, 0) is 23.7 Å². The van der Waals surface area contributed by atoms with E-state index in [-0.39, 0.29) is 6.10 Å². The summed E-state index contributed by atoms with van der Waals surface area (Å²) in [6, 6.07) is 0. The van der Waals surface area contributed by atoms with Gasteiger partial charge in [-0.05, 0) is 13.3 Å². The van der Waals surface area contributed by atoms with Gasteiger partial charge >= 0.3 is 5.97 Å². The number of rotatable bonds is 17. The molecule has 1 unspecified atom stereocenters. The van der Waals surface area contributed by atoms with E-state index < -0.39 is 5.97 Å². The Kier molecular flexibility index (Phi) is 15.5. The Morgan fingerprint density at radius 2 is 1.46 bits per heavy atom. The van der Waals surface area contributed by atoms with Crippen molar-refractivity contribution in [3.8, 4) is 0 Å². The quantitative estimate of drug-likeness (QED) is 0.218. The van der Waals surface area contributed by atoms with E-state index in [0.717, 1.165) is 19.3 Å². The molecule has 0 aromatic heterocycles. The topological polar surface area (TPSA) is 46.2 Å². The molecule has 5 heteroatoms. The highest BCUT2D eigenvalue weighted by molar-refractivity contribution is 4.72. The van der Waals surface area contributed by atoms with Gasteiger partial charge in [0.25, 0.3) is 0 Å². The van der Waals surface area contributed by atoms with E-state index in [1.165, 1.54) is 32.1 Å². The number of hydrogen-bond donors (Lipinski definition) is 0. The van der Waals surface area contributed by atoms with Gasteiger partial charge in [-0.3, -0.25) is 0 Å². The lowest BCUT2D eigenvalue weighted by Crippen LogP contribution is -2.49. The molecule has 0 aliphatic heterocycles. The highest BCUT2D eigenvalue weighted by Gasteiger charge is 2.40. The zero-order chi connectivity index (χ0) is 18.1. The molecule has 0 amide bonds. The molecule has 0 aromatic carbocycles. The second-order valence-electron chi connectivity index (χ2n) is 5.83. The van der Waals surface area contributed by atoms with Crippen molar-refractivity contribution in [2.45, 2.75) is 77.3 Å². The molecule has 144 valence electrons. The van der Waals surface area contributed by atoms with Crippen molar-refractivity contribution >= 4 is 0 Å². The maximum atomic E-state index is 6.01. The van der Waals surface area contributed by atoms with Gasteiger partial charge in [-0.15, -0.1) is 0 Å². The molecule has 0 radical (unpaired) electrons. The van der Waals surface area contributed by atoms with E-state index in [2.05, 4.69) is 6.92 Å². The van der Waals surface area contributed by atoms with Crippen LogP contribution in [0, 0.1) is 0 Å². The highest BCUT2D eigenvalue weighted by Crippen LogP contribution is 2.25. The highest BCUT2D eigenvalue weighted by atomic mass is 16.9. The molecule has 0 saturated carbocycles. The summed E-state index contributed by atoms with van der Waals surface area (Å²) in [5.41, 5.74) is 0.